The Kier molecular flexibility index (Phi) is 3.77. The number of hydrogen-bond donors (Lipinski definition) is 1. The first kappa shape index (κ1) is 13.3. The van der Waals surface area contributed by atoms with Crippen LogP contribution in [0.4, 0.5) is 5.69 Å². The topological polar surface area (TPSA) is 15.3 Å². The summed E-state index contributed by atoms with van der Waals surface area (Å²) in [5.41, 5.74) is 2.87. The molecule has 2 nitrogen and oxygen atoms in total. The molecule has 0 aromatic heterocycles. The third-order valence-electron chi connectivity index (χ3n) is 4.24. The van der Waals surface area contributed by atoms with Crippen LogP contribution in [-0.4, -0.2) is 41.6 Å². The van der Waals surface area contributed by atoms with Crippen LogP contribution in [0.5, 0.6) is 0 Å². The van der Waals surface area contributed by atoms with Gasteiger partial charge in [-0.2, -0.15) is 11.8 Å². The van der Waals surface area contributed by atoms with E-state index in [1.165, 1.54) is 43.1 Å². The summed E-state index contributed by atoms with van der Waals surface area (Å²) in [7, 11) is 0. The Morgan fingerprint density at radius 2 is 2.21 bits per heavy atom. The molecule has 1 saturated heterocycles. The average Bonchev–Trinajstić information content (AvgIpc) is 2.78. The van der Waals surface area contributed by atoms with Crippen molar-refractivity contribution in [2.75, 3.05) is 37.2 Å². The SMILES string of the molecule is CC1(C)CN(CCC2CNc3ccccc32)CCS1. The molecule has 104 valence electrons. The number of thioether (sulfide) groups is 1. The van der Waals surface area contributed by atoms with Crippen LogP contribution >= 0.6 is 11.8 Å². The molecule has 19 heavy (non-hydrogen) atoms. The van der Waals surface area contributed by atoms with Gasteiger partial charge in [-0.25, -0.2) is 0 Å². The van der Waals surface area contributed by atoms with Crippen LogP contribution in [0.25, 0.3) is 0 Å². The first-order valence-corrected chi connectivity index (χ1v) is 8.32. The van der Waals surface area contributed by atoms with Gasteiger partial charge in [0, 0.05) is 41.7 Å². The summed E-state index contributed by atoms with van der Waals surface area (Å²) in [5.74, 6) is 1.99. The van der Waals surface area contributed by atoms with Crippen LogP contribution in [-0.2, 0) is 0 Å². The van der Waals surface area contributed by atoms with Crippen LogP contribution in [0.3, 0.4) is 0 Å². The third kappa shape index (κ3) is 3.09. The molecule has 2 heterocycles. The van der Waals surface area contributed by atoms with Crippen molar-refractivity contribution < 1.29 is 0 Å². The molecule has 1 unspecified atom stereocenters. The second kappa shape index (κ2) is 5.37. The van der Waals surface area contributed by atoms with Crippen molar-refractivity contribution in [2.45, 2.75) is 30.9 Å². The predicted molar refractivity (Wildman–Crippen MR) is 85.3 cm³/mol. The number of hydrogen-bond acceptors (Lipinski definition) is 3. The first-order valence-electron chi connectivity index (χ1n) is 7.33. The standard InChI is InChI=1S/C16H24N2S/c1-16(2)12-18(9-10-19-16)8-7-13-11-17-15-6-4-3-5-14(13)15/h3-6,13,17H,7-12H2,1-2H3. The van der Waals surface area contributed by atoms with Gasteiger partial charge in [0.2, 0.25) is 0 Å². The lowest BCUT2D eigenvalue weighted by atomic mass is 9.97. The smallest absolute Gasteiger partial charge is 0.0376 e. The summed E-state index contributed by atoms with van der Waals surface area (Å²) < 4.78 is 0.435. The molecule has 1 aromatic rings. The average molecular weight is 276 g/mol. The summed E-state index contributed by atoms with van der Waals surface area (Å²) in [6, 6.07) is 8.78. The number of nitrogens with zero attached hydrogens (tertiary/aromatic N) is 1. The van der Waals surface area contributed by atoms with Gasteiger partial charge in [0.1, 0.15) is 0 Å². The van der Waals surface area contributed by atoms with Gasteiger partial charge < -0.3 is 10.2 Å². The monoisotopic (exact) mass is 276 g/mol. The zero-order valence-corrected chi connectivity index (χ0v) is 12.8. The van der Waals surface area contributed by atoms with E-state index < -0.39 is 0 Å². The molecule has 3 heteroatoms. The molecule has 2 aliphatic heterocycles. The number of para-hydroxylation sites is 1. The minimum atomic E-state index is 0.435. The number of nitrogens with one attached hydrogen (secondary N) is 1. The van der Waals surface area contributed by atoms with Crippen LogP contribution in [0.2, 0.25) is 0 Å². The second-order valence-electron chi connectivity index (χ2n) is 6.34. The van der Waals surface area contributed by atoms with E-state index in [9.17, 15) is 0 Å². The molecule has 1 atom stereocenters. The zero-order chi connectivity index (χ0) is 13.3. The van der Waals surface area contributed by atoms with E-state index in [1.54, 1.807) is 0 Å². The molecule has 0 bridgehead atoms. The quantitative estimate of drug-likeness (QED) is 0.911. The maximum Gasteiger partial charge on any atom is 0.0376 e. The van der Waals surface area contributed by atoms with Crippen molar-refractivity contribution in [1.29, 1.82) is 0 Å². The highest BCUT2D eigenvalue weighted by atomic mass is 32.2. The number of fused-ring (bicyclic) bond motifs is 1. The second-order valence-corrected chi connectivity index (χ2v) is 8.14. The normalized spacial score (nSPS) is 25.9. The van der Waals surface area contributed by atoms with Crippen molar-refractivity contribution in [2.24, 2.45) is 0 Å². The van der Waals surface area contributed by atoms with Gasteiger partial charge in [-0.15, -0.1) is 0 Å². The van der Waals surface area contributed by atoms with E-state index in [0.717, 1.165) is 6.54 Å². The van der Waals surface area contributed by atoms with Crippen molar-refractivity contribution >= 4 is 17.4 Å². The number of rotatable bonds is 3. The molecule has 3 rings (SSSR count). The highest BCUT2D eigenvalue weighted by Gasteiger charge is 2.28. The first-order chi connectivity index (χ1) is 9.14. The fraction of sp³-hybridized carbons (Fsp3) is 0.625. The lowest BCUT2D eigenvalue weighted by Gasteiger charge is -2.37. The lowest BCUT2D eigenvalue weighted by molar-refractivity contribution is 0.252. The largest absolute Gasteiger partial charge is 0.384 e. The van der Waals surface area contributed by atoms with Gasteiger partial charge in [0.25, 0.3) is 0 Å². The molecular formula is C16H24N2S. The van der Waals surface area contributed by atoms with Gasteiger partial charge in [-0.05, 0) is 38.4 Å². The van der Waals surface area contributed by atoms with Gasteiger partial charge in [0.05, 0.1) is 0 Å². The van der Waals surface area contributed by atoms with E-state index in [2.05, 4.69) is 60.1 Å². The van der Waals surface area contributed by atoms with Crippen LogP contribution < -0.4 is 5.32 Å². The van der Waals surface area contributed by atoms with E-state index in [1.807, 2.05) is 0 Å². The Morgan fingerprint density at radius 3 is 3.05 bits per heavy atom. The molecule has 0 aliphatic carbocycles. The Bertz CT molecular complexity index is 444. The van der Waals surface area contributed by atoms with Crippen LogP contribution in [0.15, 0.2) is 24.3 Å². The molecule has 0 saturated carbocycles. The van der Waals surface area contributed by atoms with E-state index in [4.69, 9.17) is 0 Å². The third-order valence-corrected chi connectivity index (χ3v) is 5.54. The van der Waals surface area contributed by atoms with E-state index >= 15 is 0 Å². The fourth-order valence-corrected chi connectivity index (χ4v) is 4.43. The summed E-state index contributed by atoms with van der Waals surface area (Å²) in [5, 5.41) is 3.53. The highest BCUT2D eigenvalue weighted by Crippen LogP contribution is 2.34. The summed E-state index contributed by atoms with van der Waals surface area (Å²) >= 11 is 2.12. The number of benzene rings is 1. The summed E-state index contributed by atoms with van der Waals surface area (Å²) in [4.78, 5) is 2.65. The maximum atomic E-state index is 3.53. The molecular weight excluding hydrogens is 252 g/mol. The summed E-state index contributed by atoms with van der Waals surface area (Å²) in [6.45, 7) is 9.60. The molecule has 0 spiro atoms. The van der Waals surface area contributed by atoms with Gasteiger partial charge >= 0.3 is 0 Å². The fourth-order valence-electron chi connectivity index (χ4n) is 3.26. The molecule has 1 N–H and O–H groups in total. The number of anilines is 1. The van der Waals surface area contributed by atoms with Crippen molar-refractivity contribution in [3.63, 3.8) is 0 Å². The Labute approximate surface area is 121 Å². The van der Waals surface area contributed by atoms with Crippen molar-refractivity contribution in [1.82, 2.24) is 4.90 Å². The van der Waals surface area contributed by atoms with Gasteiger partial charge in [-0.1, -0.05) is 18.2 Å². The van der Waals surface area contributed by atoms with E-state index in [0.29, 0.717) is 10.7 Å². The van der Waals surface area contributed by atoms with Crippen LogP contribution in [0.1, 0.15) is 31.7 Å². The molecule has 1 aromatic carbocycles. The Balaban J connectivity index is 1.56. The maximum absolute atomic E-state index is 3.53. The minimum absolute atomic E-state index is 0.435. The summed E-state index contributed by atoms with van der Waals surface area (Å²) in [6.07, 6.45) is 1.28. The molecule has 1 fully saturated rings. The molecule has 0 amide bonds. The van der Waals surface area contributed by atoms with Gasteiger partial charge in [-0.3, -0.25) is 0 Å². The zero-order valence-electron chi connectivity index (χ0n) is 12.0. The van der Waals surface area contributed by atoms with Gasteiger partial charge in [0.15, 0.2) is 0 Å². The minimum Gasteiger partial charge on any atom is -0.384 e. The Hall–Kier alpha value is -0.670. The van der Waals surface area contributed by atoms with Crippen molar-refractivity contribution in [3.05, 3.63) is 29.8 Å². The van der Waals surface area contributed by atoms with Crippen molar-refractivity contribution in [3.8, 4) is 0 Å². The lowest BCUT2D eigenvalue weighted by Crippen LogP contribution is -2.43. The van der Waals surface area contributed by atoms with Crippen LogP contribution in [0, 0.1) is 0 Å². The highest BCUT2D eigenvalue weighted by molar-refractivity contribution is 8.00. The predicted octanol–water partition coefficient (Wildman–Crippen LogP) is 3.41. The molecule has 0 radical (unpaired) electrons. The molecule has 2 aliphatic rings. The Morgan fingerprint density at radius 1 is 1.37 bits per heavy atom. The van der Waals surface area contributed by atoms with E-state index in [-0.39, 0.29) is 0 Å².